The van der Waals surface area contributed by atoms with Gasteiger partial charge in [-0.3, -0.25) is 5.32 Å². The smallest absolute Gasteiger partial charge is 0.409 e. The Labute approximate surface area is 114 Å². The number of rotatable bonds is 4. The lowest BCUT2D eigenvalue weighted by molar-refractivity contribution is 0.0444. The zero-order valence-corrected chi connectivity index (χ0v) is 11.7. The number of epoxide rings is 1. The Morgan fingerprint density at radius 2 is 2.00 bits per heavy atom. The lowest BCUT2D eigenvalue weighted by atomic mass is 10.1. The molecule has 0 saturated carbocycles. The zero-order valence-electron chi connectivity index (χ0n) is 11.7. The molecule has 1 atom stereocenters. The number of carbonyl (C=O) groups is 1. The number of carbonyl (C=O) groups excluding carboxylic acids is 1. The summed E-state index contributed by atoms with van der Waals surface area (Å²) in [5.74, 6) is 0. The molecule has 4 heteroatoms. The third-order valence-corrected chi connectivity index (χ3v) is 2.88. The summed E-state index contributed by atoms with van der Waals surface area (Å²) in [6.07, 6.45) is 1.21. The molecule has 1 aliphatic rings. The molecule has 1 fully saturated rings. The summed E-state index contributed by atoms with van der Waals surface area (Å²) >= 11 is 0. The molecular weight excluding hydrogens is 242 g/mol. The minimum Gasteiger partial charge on any atom is -0.444 e. The van der Waals surface area contributed by atoms with Crippen molar-refractivity contribution < 1.29 is 14.3 Å². The predicted molar refractivity (Wildman–Crippen MR) is 72.8 cm³/mol. The Bertz CT molecular complexity index is 432. The maximum atomic E-state index is 11.7. The molecule has 2 rings (SSSR count). The molecule has 0 unspecified atom stereocenters. The van der Waals surface area contributed by atoms with Crippen LogP contribution in [0.5, 0.6) is 0 Å². The minimum absolute atomic E-state index is 0.418. The molecule has 0 radical (unpaired) electrons. The van der Waals surface area contributed by atoms with Crippen LogP contribution >= 0.6 is 0 Å². The van der Waals surface area contributed by atoms with Gasteiger partial charge >= 0.3 is 6.09 Å². The number of aryl methyl sites for hydroxylation is 1. The topological polar surface area (TPSA) is 50.9 Å². The van der Waals surface area contributed by atoms with Crippen LogP contribution in [0, 0.1) is 0 Å². The second-order valence-corrected chi connectivity index (χ2v) is 5.90. The van der Waals surface area contributed by atoms with Gasteiger partial charge in [-0.25, -0.2) is 4.79 Å². The Hall–Kier alpha value is -1.55. The highest BCUT2D eigenvalue weighted by molar-refractivity contribution is 5.69. The van der Waals surface area contributed by atoms with E-state index < -0.39 is 17.4 Å². The minimum atomic E-state index is -0.530. The van der Waals surface area contributed by atoms with E-state index in [0.29, 0.717) is 6.61 Å². The van der Waals surface area contributed by atoms with Gasteiger partial charge in [0.25, 0.3) is 0 Å². The average Bonchev–Trinajstić information content (AvgIpc) is 3.05. The van der Waals surface area contributed by atoms with E-state index in [1.807, 2.05) is 39.0 Å². The van der Waals surface area contributed by atoms with Crippen LogP contribution in [0.3, 0.4) is 0 Å². The highest BCUT2D eigenvalue weighted by atomic mass is 16.6. The molecule has 1 N–H and O–H groups in total. The van der Waals surface area contributed by atoms with Gasteiger partial charge in [-0.05, 0) is 32.8 Å². The van der Waals surface area contributed by atoms with Crippen molar-refractivity contribution in [1.29, 1.82) is 0 Å². The monoisotopic (exact) mass is 263 g/mol. The van der Waals surface area contributed by atoms with E-state index >= 15 is 0 Å². The fourth-order valence-corrected chi connectivity index (χ4v) is 1.85. The van der Waals surface area contributed by atoms with Gasteiger partial charge in [0.2, 0.25) is 0 Å². The summed E-state index contributed by atoms with van der Waals surface area (Å²) in [5.41, 5.74) is 0.223. The van der Waals surface area contributed by atoms with Crippen molar-refractivity contribution in [2.45, 2.75) is 44.9 Å². The molecule has 1 heterocycles. The normalized spacial score (nSPS) is 21.8. The van der Waals surface area contributed by atoms with Crippen molar-refractivity contribution >= 4 is 6.09 Å². The predicted octanol–water partition coefficient (Wildman–Crippen LogP) is 2.87. The lowest BCUT2D eigenvalue weighted by Crippen LogP contribution is -2.42. The summed E-state index contributed by atoms with van der Waals surface area (Å²) in [4.78, 5) is 11.7. The Morgan fingerprint density at radius 1 is 1.37 bits per heavy atom. The first-order chi connectivity index (χ1) is 8.89. The highest BCUT2D eigenvalue weighted by Crippen LogP contribution is 2.29. The Kier molecular flexibility index (Phi) is 3.80. The van der Waals surface area contributed by atoms with Crippen molar-refractivity contribution in [3.05, 3.63) is 35.9 Å². The largest absolute Gasteiger partial charge is 0.444 e. The van der Waals surface area contributed by atoms with Gasteiger partial charge in [0.15, 0.2) is 5.72 Å². The van der Waals surface area contributed by atoms with Crippen LogP contribution in [0.2, 0.25) is 0 Å². The fraction of sp³-hybridized carbons (Fsp3) is 0.533. The van der Waals surface area contributed by atoms with E-state index in [2.05, 4.69) is 17.4 Å². The Morgan fingerprint density at radius 3 is 2.53 bits per heavy atom. The first-order valence-electron chi connectivity index (χ1n) is 6.58. The van der Waals surface area contributed by atoms with Crippen molar-refractivity contribution in [3.63, 3.8) is 0 Å². The van der Waals surface area contributed by atoms with Crippen molar-refractivity contribution in [1.82, 2.24) is 5.32 Å². The second kappa shape index (κ2) is 5.21. The highest BCUT2D eigenvalue weighted by Gasteiger charge is 2.46. The molecular formula is C15H21NO3. The van der Waals surface area contributed by atoms with Gasteiger partial charge in [0.1, 0.15) is 5.60 Å². The van der Waals surface area contributed by atoms with Gasteiger partial charge in [0.05, 0.1) is 6.61 Å². The summed E-state index contributed by atoms with van der Waals surface area (Å²) in [7, 11) is 0. The number of nitrogens with one attached hydrogen (secondary N) is 1. The molecule has 0 aliphatic carbocycles. The third kappa shape index (κ3) is 4.56. The van der Waals surface area contributed by atoms with E-state index in [4.69, 9.17) is 9.47 Å². The molecule has 4 nitrogen and oxygen atoms in total. The van der Waals surface area contributed by atoms with Crippen LogP contribution in [0.25, 0.3) is 0 Å². The molecule has 0 aromatic heterocycles. The lowest BCUT2D eigenvalue weighted by Gasteiger charge is -2.22. The van der Waals surface area contributed by atoms with Gasteiger partial charge in [-0.1, -0.05) is 30.3 Å². The second-order valence-electron chi connectivity index (χ2n) is 5.90. The van der Waals surface area contributed by atoms with Crippen molar-refractivity contribution in [3.8, 4) is 0 Å². The van der Waals surface area contributed by atoms with E-state index in [1.54, 1.807) is 0 Å². The number of ether oxygens (including phenoxy) is 2. The van der Waals surface area contributed by atoms with Crippen LogP contribution in [0.4, 0.5) is 4.79 Å². The number of alkyl carbamates (subject to hydrolysis) is 1. The first-order valence-corrected chi connectivity index (χ1v) is 6.58. The molecule has 1 saturated heterocycles. The molecule has 0 spiro atoms. The summed E-state index contributed by atoms with van der Waals surface area (Å²) in [6.45, 7) is 6.09. The van der Waals surface area contributed by atoms with Crippen molar-refractivity contribution in [2.24, 2.45) is 0 Å². The Balaban J connectivity index is 1.82. The standard InChI is InChI=1S/C15H21NO3/c1-14(2,3)19-13(17)16-15(11-18-15)10-9-12-7-5-4-6-8-12/h4-8H,9-11H2,1-3H3,(H,16,17)/t15-/m1/s1. The number of hydrogen-bond donors (Lipinski definition) is 1. The van der Waals surface area contributed by atoms with Gasteiger partial charge in [-0.15, -0.1) is 0 Å². The van der Waals surface area contributed by atoms with Crippen LogP contribution in [0.1, 0.15) is 32.8 Å². The van der Waals surface area contributed by atoms with Gasteiger partial charge in [0, 0.05) is 6.42 Å². The summed E-state index contributed by atoms with van der Waals surface area (Å²) in [6, 6.07) is 10.2. The summed E-state index contributed by atoms with van der Waals surface area (Å²) in [5, 5.41) is 2.81. The average molecular weight is 263 g/mol. The van der Waals surface area contributed by atoms with Crippen LogP contribution < -0.4 is 5.32 Å². The van der Waals surface area contributed by atoms with Crippen LogP contribution in [-0.2, 0) is 15.9 Å². The molecule has 19 heavy (non-hydrogen) atoms. The molecule has 1 amide bonds. The summed E-state index contributed by atoms with van der Waals surface area (Å²) < 4.78 is 10.6. The molecule has 1 aromatic rings. The number of amides is 1. The van der Waals surface area contributed by atoms with Gasteiger partial charge in [-0.2, -0.15) is 0 Å². The van der Waals surface area contributed by atoms with E-state index in [-0.39, 0.29) is 0 Å². The molecule has 1 aromatic carbocycles. The van der Waals surface area contributed by atoms with E-state index in [0.717, 1.165) is 12.8 Å². The molecule has 104 valence electrons. The van der Waals surface area contributed by atoms with Crippen LogP contribution in [0.15, 0.2) is 30.3 Å². The van der Waals surface area contributed by atoms with Gasteiger partial charge < -0.3 is 9.47 Å². The maximum absolute atomic E-state index is 11.7. The zero-order chi connectivity index (χ0) is 13.9. The maximum Gasteiger partial charge on any atom is 0.409 e. The first kappa shape index (κ1) is 13.9. The van der Waals surface area contributed by atoms with Crippen LogP contribution in [-0.4, -0.2) is 24.0 Å². The van der Waals surface area contributed by atoms with E-state index in [9.17, 15) is 4.79 Å². The number of benzene rings is 1. The SMILES string of the molecule is CC(C)(C)OC(=O)N[C@@]1(CCc2ccccc2)CO1. The quantitative estimate of drug-likeness (QED) is 0.850. The van der Waals surface area contributed by atoms with Crippen molar-refractivity contribution in [2.75, 3.05) is 6.61 Å². The molecule has 0 bridgehead atoms. The fourth-order valence-electron chi connectivity index (χ4n) is 1.85. The van der Waals surface area contributed by atoms with E-state index in [1.165, 1.54) is 5.56 Å². The molecule has 1 aliphatic heterocycles. The number of hydrogen-bond acceptors (Lipinski definition) is 3. The third-order valence-electron chi connectivity index (χ3n) is 2.88.